The van der Waals surface area contributed by atoms with Crippen molar-refractivity contribution in [3.05, 3.63) is 91.0 Å². The van der Waals surface area contributed by atoms with Crippen molar-refractivity contribution in [1.82, 2.24) is 0 Å². The van der Waals surface area contributed by atoms with Crippen molar-refractivity contribution in [3.8, 4) is 17.2 Å². The molecule has 0 aliphatic carbocycles. The Morgan fingerprint density at radius 2 is 1.65 bits per heavy atom. The van der Waals surface area contributed by atoms with Crippen LogP contribution in [0.25, 0.3) is 0 Å². The summed E-state index contributed by atoms with van der Waals surface area (Å²) in [5.41, 5.74) is -1.36. The van der Waals surface area contributed by atoms with Crippen molar-refractivity contribution in [3.63, 3.8) is 0 Å². The van der Waals surface area contributed by atoms with Crippen LogP contribution in [0.15, 0.2) is 59.6 Å². The van der Waals surface area contributed by atoms with E-state index in [2.05, 4.69) is 4.99 Å². The second kappa shape index (κ2) is 9.75. The van der Waals surface area contributed by atoms with E-state index >= 15 is 0 Å². The van der Waals surface area contributed by atoms with Gasteiger partial charge in [0.1, 0.15) is 0 Å². The minimum absolute atomic E-state index is 0.0341. The molecule has 34 heavy (non-hydrogen) atoms. The lowest BCUT2D eigenvalue weighted by molar-refractivity contribution is -0.385. The molecule has 176 valence electrons. The molecule has 0 saturated carbocycles. The Morgan fingerprint density at radius 3 is 2.21 bits per heavy atom. The molecule has 0 unspecified atom stereocenters. The van der Waals surface area contributed by atoms with Gasteiger partial charge in [-0.3, -0.25) is 25.2 Å². The maximum Gasteiger partial charge on any atom is 0.416 e. The zero-order chi connectivity index (χ0) is 25.0. The van der Waals surface area contributed by atoms with Crippen molar-refractivity contribution in [1.29, 1.82) is 0 Å². The number of benzene rings is 3. The van der Waals surface area contributed by atoms with Gasteiger partial charge in [0.2, 0.25) is 5.75 Å². The molecular formula is C21H13ClF3N3O6. The highest BCUT2D eigenvalue weighted by Gasteiger charge is 2.33. The first kappa shape index (κ1) is 24.5. The first-order valence-corrected chi connectivity index (χ1v) is 9.57. The normalized spacial score (nSPS) is 11.4. The number of nitro groups is 2. The molecule has 3 rings (SSSR count). The molecule has 0 heterocycles. The van der Waals surface area contributed by atoms with Gasteiger partial charge in [0, 0.05) is 24.4 Å². The first-order chi connectivity index (χ1) is 16.0. The van der Waals surface area contributed by atoms with Crippen LogP contribution < -0.4 is 9.47 Å². The van der Waals surface area contributed by atoms with Gasteiger partial charge in [-0.05, 0) is 42.0 Å². The van der Waals surface area contributed by atoms with Crippen molar-refractivity contribution >= 4 is 34.9 Å². The Kier molecular flexibility index (Phi) is 7.01. The van der Waals surface area contributed by atoms with E-state index in [9.17, 15) is 33.4 Å². The van der Waals surface area contributed by atoms with Gasteiger partial charge >= 0.3 is 11.9 Å². The number of alkyl halides is 3. The fourth-order valence-electron chi connectivity index (χ4n) is 2.76. The molecule has 0 bridgehead atoms. The molecule has 0 saturated heterocycles. The molecule has 0 atom stereocenters. The Labute approximate surface area is 194 Å². The van der Waals surface area contributed by atoms with Crippen molar-refractivity contribution < 1.29 is 32.5 Å². The highest BCUT2D eigenvalue weighted by molar-refractivity contribution is 6.32. The topological polar surface area (TPSA) is 117 Å². The molecule has 9 nitrogen and oxygen atoms in total. The maximum atomic E-state index is 12.9. The number of non-ortho nitro benzene ring substituents is 1. The minimum Gasteiger partial charge on any atom is -0.493 e. The second-order valence-corrected chi connectivity index (χ2v) is 7.01. The molecule has 0 N–H and O–H groups in total. The predicted molar refractivity (Wildman–Crippen MR) is 117 cm³/mol. The number of rotatable bonds is 7. The number of nitro benzene ring substituents is 2. The fourth-order valence-corrected chi connectivity index (χ4v) is 3.01. The molecule has 0 aliphatic rings. The zero-order valence-electron chi connectivity index (χ0n) is 17.1. The van der Waals surface area contributed by atoms with Crippen LogP contribution in [-0.4, -0.2) is 23.2 Å². The summed E-state index contributed by atoms with van der Waals surface area (Å²) in [7, 11) is 1.27. The molecule has 3 aromatic carbocycles. The van der Waals surface area contributed by atoms with Crippen molar-refractivity contribution in [2.24, 2.45) is 4.99 Å². The maximum absolute atomic E-state index is 12.9. The number of hydrogen-bond donors (Lipinski definition) is 0. The van der Waals surface area contributed by atoms with Crippen LogP contribution in [0, 0.1) is 20.2 Å². The molecular weight excluding hydrogens is 483 g/mol. The van der Waals surface area contributed by atoms with Crippen LogP contribution in [-0.2, 0) is 6.18 Å². The lowest BCUT2D eigenvalue weighted by atomic mass is 10.1. The number of aliphatic imine (C=N–C) groups is 1. The molecule has 13 heteroatoms. The summed E-state index contributed by atoms with van der Waals surface area (Å²) in [6.45, 7) is 0. The molecule has 0 amide bonds. The fraction of sp³-hybridized carbons (Fsp3) is 0.0952. The van der Waals surface area contributed by atoms with E-state index in [4.69, 9.17) is 21.1 Å². The number of methoxy groups -OCH3 is 1. The average molecular weight is 496 g/mol. The van der Waals surface area contributed by atoms with Gasteiger partial charge in [0.05, 0.1) is 33.2 Å². The quantitative estimate of drug-likeness (QED) is 0.204. The van der Waals surface area contributed by atoms with Gasteiger partial charge < -0.3 is 9.47 Å². The average Bonchev–Trinajstić information content (AvgIpc) is 2.78. The zero-order valence-corrected chi connectivity index (χ0v) is 17.8. The molecule has 0 aromatic heterocycles. The van der Waals surface area contributed by atoms with Gasteiger partial charge in [-0.15, -0.1) is 0 Å². The third-order valence-electron chi connectivity index (χ3n) is 4.37. The molecule has 0 fully saturated rings. The van der Waals surface area contributed by atoms with Crippen LogP contribution in [0.3, 0.4) is 0 Å². The first-order valence-electron chi connectivity index (χ1n) is 9.19. The Morgan fingerprint density at radius 1 is 0.971 bits per heavy atom. The van der Waals surface area contributed by atoms with Crippen molar-refractivity contribution in [2.75, 3.05) is 7.11 Å². The van der Waals surface area contributed by atoms with Gasteiger partial charge in [-0.25, -0.2) is 0 Å². The minimum atomic E-state index is -4.77. The van der Waals surface area contributed by atoms with E-state index < -0.39 is 33.0 Å². The SMILES string of the molecule is COc1cc(C=Nc2ccc([N+](=O)[O-])cc2)cc(Cl)c1Oc1ccc(C(F)(F)F)cc1[N+](=O)[O-]. The van der Waals surface area contributed by atoms with Crippen LogP contribution in [0.5, 0.6) is 17.2 Å². The molecule has 0 radical (unpaired) electrons. The summed E-state index contributed by atoms with van der Waals surface area (Å²) >= 11 is 6.24. The van der Waals surface area contributed by atoms with Gasteiger partial charge in [-0.1, -0.05) is 11.6 Å². The van der Waals surface area contributed by atoms with E-state index in [0.717, 1.165) is 6.07 Å². The highest BCUT2D eigenvalue weighted by atomic mass is 35.5. The molecule has 0 spiro atoms. The van der Waals surface area contributed by atoms with E-state index in [1.807, 2.05) is 0 Å². The van der Waals surface area contributed by atoms with E-state index in [-0.39, 0.29) is 22.2 Å². The van der Waals surface area contributed by atoms with Gasteiger partial charge in [0.15, 0.2) is 11.5 Å². The summed E-state index contributed by atoms with van der Waals surface area (Å²) < 4.78 is 49.4. The molecule has 0 aliphatic heterocycles. The van der Waals surface area contributed by atoms with E-state index in [1.165, 1.54) is 49.7 Å². The second-order valence-electron chi connectivity index (χ2n) is 6.61. The van der Waals surface area contributed by atoms with Crippen LogP contribution in [0.4, 0.5) is 30.2 Å². The van der Waals surface area contributed by atoms with Gasteiger partial charge in [0.25, 0.3) is 5.69 Å². The Bertz CT molecular complexity index is 1280. The number of ether oxygens (including phenoxy) is 2. The third kappa shape index (κ3) is 5.59. The standard InChI is InChI=1S/C21H13ClF3N3O6/c1-33-19-9-12(11-26-14-3-5-15(6-4-14)27(29)30)8-16(22)20(19)34-18-7-2-13(21(23,24)25)10-17(18)28(31)32/h2-11H,1H3. The number of hydrogen-bond acceptors (Lipinski definition) is 7. The summed E-state index contributed by atoms with van der Waals surface area (Å²) in [6.07, 6.45) is -3.39. The summed E-state index contributed by atoms with van der Waals surface area (Å²) in [6, 6.07) is 10.1. The number of nitrogens with zero attached hydrogens (tertiary/aromatic N) is 3. The largest absolute Gasteiger partial charge is 0.493 e. The van der Waals surface area contributed by atoms with Crippen LogP contribution in [0.1, 0.15) is 11.1 Å². The van der Waals surface area contributed by atoms with Crippen molar-refractivity contribution in [2.45, 2.75) is 6.18 Å². The highest BCUT2D eigenvalue weighted by Crippen LogP contribution is 2.43. The predicted octanol–water partition coefficient (Wildman–Crippen LogP) is 6.73. The van der Waals surface area contributed by atoms with E-state index in [0.29, 0.717) is 23.4 Å². The smallest absolute Gasteiger partial charge is 0.416 e. The van der Waals surface area contributed by atoms with Crippen LogP contribution in [0.2, 0.25) is 5.02 Å². The lowest BCUT2D eigenvalue weighted by Gasteiger charge is -2.14. The lowest BCUT2D eigenvalue weighted by Crippen LogP contribution is -2.06. The van der Waals surface area contributed by atoms with Gasteiger partial charge in [-0.2, -0.15) is 13.2 Å². The molecule has 3 aromatic rings. The Hall–Kier alpha value is -4.19. The van der Waals surface area contributed by atoms with E-state index in [1.54, 1.807) is 0 Å². The summed E-state index contributed by atoms with van der Waals surface area (Å²) in [5.74, 6) is -0.586. The Balaban J connectivity index is 1.92. The monoisotopic (exact) mass is 495 g/mol. The third-order valence-corrected chi connectivity index (χ3v) is 4.65. The summed E-state index contributed by atoms with van der Waals surface area (Å²) in [4.78, 5) is 24.7. The van der Waals surface area contributed by atoms with Crippen LogP contribution >= 0.6 is 11.6 Å². The summed E-state index contributed by atoms with van der Waals surface area (Å²) in [5, 5.41) is 22.0. The number of halogens is 4.